The van der Waals surface area contributed by atoms with Crippen LogP contribution in [0.25, 0.3) is 22.3 Å². The molecule has 1 nitrogen and oxygen atoms in total. The second-order valence-electron chi connectivity index (χ2n) is 9.78. The molecule has 0 aliphatic heterocycles. The van der Waals surface area contributed by atoms with E-state index in [1.54, 1.807) is 13.0 Å². The Morgan fingerprint density at radius 1 is 0.714 bits per heavy atom. The summed E-state index contributed by atoms with van der Waals surface area (Å²) in [6, 6.07) is 15.6. The summed E-state index contributed by atoms with van der Waals surface area (Å²) in [6.45, 7) is 4.19. The highest BCUT2D eigenvalue weighted by molar-refractivity contribution is 5.72. The predicted octanol–water partition coefficient (Wildman–Crippen LogP) is 9.38. The Morgan fingerprint density at radius 3 is 1.97 bits per heavy atom. The molecule has 1 saturated carbocycles. The summed E-state index contributed by atoms with van der Waals surface area (Å²) in [4.78, 5) is 0. The van der Waals surface area contributed by atoms with Crippen LogP contribution in [0.15, 0.2) is 54.6 Å². The third-order valence-corrected chi connectivity index (χ3v) is 7.40. The van der Waals surface area contributed by atoms with Crippen LogP contribution >= 0.6 is 0 Å². The van der Waals surface area contributed by atoms with E-state index in [9.17, 15) is 13.2 Å². The zero-order valence-corrected chi connectivity index (χ0v) is 20.8. The molecule has 3 aromatic carbocycles. The molecule has 0 spiro atoms. The van der Waals surface area contributed by atoms with Crippen molar-refractivity contribution in [3.63, 3.8) is 0 Å². The van der Waals surface area contributed by atoms with Crippen LogP contribution in [0.1, 0.15) is 64.4 Å². The Balaban J connectivity index is 1.40. The lowest BCUT2D eigenvalue weighted by atomic mass is 9.78. The molecule has 1 fully saturated rings. The van der Waals surface area contributed by atoms with Gasteiger partial charge in [0, 0.05) is 11.1 Å². The second kappa shape index (κ2) is 11.8. The molecule has 0 heterocycles. The molecule has 1 aliphatic rings. The van der Waals surface area contributed by atoms with Crippen LogP contribution in [0.5, 0.6) is 5.75 Å². The van der Waals surface area contributed by atoms with Gasteiger partial charge in [-0.05, 0) is 66.5 Å². The minimum atomic E-state index is -1.11. The fraction of sp³-hybridized carbons (Fsp3) is 0.419. The Hall–Kier alpha value is -2.75. The fourth-order valence-electron chi connectivity index (χ4n) is 5.37. The molecule has 0 bridgehead atoms. The highest BCUT2D eigenvalue weighted by atomic mass is 19.2. The first kappa shape index (κ1) is 25.3. The molecule has 0 atom stereocenters. The van der Waals surface area contributed by atoms with Gasteiger partial charge in [-0.1, -0.05) is 81.8 Å². The van der Waals surface area contributed by atoms with Gasteiger partial charge in [0.05, 0.1) is 6.61 Å². The van der Waals surface area contributed by atoms with Crippen molar-refractivity contribution in [3.8, 4) is 28.0 Å². The molecule has 0 saturated heterocycles. The summed E-state index contributed by atoms with van der Waals surface area (Å²) in [5, 5.41) is 0. The maximum atomic E-state index is 14.9. The van der Waals surface area contributed by atoms with Gasteiger partial charge in [-0.25, -0.2) is 8.78 Å². The molecule has 0 aromatic heterocycles. The zero-order chi connectivity index (χ0) is 24.8. The highest BCUT2D eigenvalue weighted by Gasteiger charge is 2.21. The normalized spacial score (nSPS) is 18.0. The Labute approximate surface area is 207 Å². The molecule has 35 heavy (non-hydrogen) atoms. The maximum Gasteiger partial charge on any atom is 0.201 e. The number of hydrogen-bond acceptors (Lipinski definition) is 1. The van der Waals surface area contributed by atoms with Crippen molar-refractivity contribution in [2.45, 2.75) is 65.2 Å². The number of halogens is 3. The van der Waals surface area contributed by atoms with Gasteiger partial charge in [-0.15, -0.1) is 0 Å². The van der Waals surface area contributed by atoms with Crippen molar-refractivity contribution >= 4 is 0 Å². The summed E-state index contributed by atoms with van der Waals surface area (Å²) < 4.78 is 48.8. The standard InChI is InChI=1S/C31H35F3O/c1-3-5-21-6-8-22(9-7-21)10-11-23-12-14-24(15-13-23)25-16-17-26(28(32)20-25)27-18-19-29(35-4-2)31(34)30(27)33/h12-22H,3-11H2,1-2H3. The third-order valence-electron chi connectivity index (χ3n) is 7.40. The quantitative estimate of drug-likeness (QED) is 0.296. The van der Waals surface area contributed by atoms with Gasteiger partial charge in [0.25, 0.3) is 0 Å². The molecule has 3 aromatic rings. The van der Waals surface area contributed by atoms with Crippen molar-refractivity contribution in [1.82, 2.24) is 0 Å². The lowest BCUT2D eigenvalue weighted by Crippen LogP contribution is -2.15. The lowest BCUT2D eigenvalue weighted by molar-refractivity contribution is 0.252. The van der Waals surface area contributed by atoms with E-state index in [2.05, 4.69) is 19.1 Å². The topological polar surface area (TPSA) is 9.23 Å². The summed E-state index contributed by atoms with van der Waals surface area (Å²) >= 11 is 0. The van der Waals surface area contributed by atoms with Crippen molar-refractivity contribution in [2.24, 2.45) is 11.8 Å². The van der Waals surface area contributed by atoms with Crippen molar-refractivity contribution in [3.05, 3.63) is 77.6 Å². The Bertz CT molecular complexity index is 1110. The summed E-state index contributed by atoms with van der Waals surface area (Å²) in [7, 11) is 0. The van der Waals surface area contributed by atoms with Gasteiger partial charge in [-0.2, -0.15) is 4.39 Å². The van der Waals surface area contributed by atoms with Crippen molar-refractivity contribution in [2.75, 3.05) is 6.61 Å². The van der Waals surface area contributed by atoms with E-state index in [4.69, 9.17) is 4.74 Å². The maximum absolute atomic E-state index is 14.9. The second-order valence-corrected chi connectivity index (χ2v) is 9.78. The van der Waals surface area contributed by atoms with Crippen LogP contribution in [-0.2, 0) is 6.42 Å². The van der Waals surface area contributed by atoms with E-state index < -0.39 is 17.5 Å². The van der Waals surface area contributed by atoms with Gasteiger partial charge in [0.15, 0.2) is 11.6 Å². The molecule has 1 aliphatic carbocycles. The SMILES string of the molecule is CCCC1CCC(CCc2ccc(-c3ccc(-c4ccc(OCC)c(F)c4F)c(F)c3)cc2)CC1. The number of ether oxygens (including phenoxy) is 1. The van der Waals surface area contributed by atoms with Crippen LogP contribution in [0.3, 0.4) is 0 Å². The first-order valence-corrected chi connectivity index (χ1v) is 13.0. The summed E-state index contributed by atoms with van der Waals surface area (Å²) in [5.74, 6) is -1.20. The van der Waals surface area contributed by atoms with Gasteiger partial charge in [-0.3, -0.25) is 0 Å². The minimum absolute atomic E-state index is 0.0264. The number of benzene rings is 3. The molecule has 0 radical (unpaired) electrons. The van der Waals surface area contributed by atoms with Gasteiger partial charge >= 0.3 is 0 Å². The summed E-state index contributed by atoms with van der Waals surface area (Å²) in [5.41, 5.74) is 2.82. The predicted molar refractivity (Wildman–Crippen MR) is 137 cm³/mol. The average molecular weight is 481 g/mol. The fourth-order valence-corrected chi connectivity index (χ4v) is 5.37. The minimum Gasteiger partial charge on any atom is -0.491 e. The van der Waals surface area contributed by atoms with E-state index in [1.165, 1.54) is 74.8 Å². The number of hydrogen-bond donors (Lipinski definition) is 0. The van der Waals surface area contributed by atoms with Crippen LogP contribution in [0.2, 0.25) is 0 Å². The van der Waals surface area contributed by atoms with E-state index in [0.29, 0.717) is 5.56 Å². The van der Waals surface area contributed by atoms with Crippen molar-refractivity contribution < 1.29 is 17.9 Å². The van der Waals surface area contributed by atoms with Crippen LogP contribution in [0.4, 0.5) is 13.2 Å². The molecule has 186 valence electrons. The Kier molecular flexibility index (Phi) is 8.54. The molecule has 0 unspecified atom stereocenters. The van der Waals surface area contributed by atoms with Crippen LogP contribution < -0.4 is 4.74 Å². The average Bonchev–Trinajstić information content (AvgIpc) is 2.87. The number of aryl methyl sites for hydroxylation is 1. The largest absolute Gasteiger partial charge is 0.491 e. The first-order valence-electron chi connectivity index (χ1n) is 13.0. The van der Waals surface area contributed by atoms with Crippen molar-refractivity contribution in [1.29, 1.82) is 0 Å². The van der Waals surface area contributed by atoms with Crippen LogP contribution in [-0.4, -0.2) is 6.61 Å². The van der Waals surface area contributed by atoms with Gasteiger partial charge in [0.2, 0.25) is 5.82 Å². The molecule has 0 N–H and O–H groups in total. The Morgan fingerprint density at radius 2 is 1.34 bits per heavy atom. The summed E-state index contributed by atoms with van der Waals surface area (Å²) in [6.07, 6.45) is 10.4. The molecule has 0 amide bonds. The molecular weight excluding hydrogens is 445 g/mol. The number of rotatable bonds is 9. The van der Waals surface area contributed by atoms with E-state index in [1.807, 2.05) is 12.1 Å². The molecule has 4 rings (SSSR count). The molecular formula is C31H35F3O. The van der Waals surface area contributed by atoms with E-state index in [-0.39, 0.29) is 23.5 Å². The smallest absolute Gasteiger partial charge is 0.201 e. The lowest BCUT2D eigenvalue weighted by Gasteiger charge is -2.28. The van der Waals surface area contributed by atoms with E-state index in [0.717, 1.165) is 23.8 Å². The van der Waals surface area contributed by atoms with Gasteiger partial charge < -0.3 is 4.74 Å². The molecule has 4 heteroatoms. The third kappa shape index (κ3) is 6.09. The monoisotopic (exact) mass is 480 g/mol. The van der Waals surface area contributed by atoms with E-state index >= 15 is 0 Å². The highest BCUT2D eigenvalue weighted by Crippen LogP contribution is 2.35. The van der Waals surface area contributed by atoms with Crippen LogP contribution in [0, 0.1) is 29.3 Å². The first-order chi connectivity index (χ1) is 17.0. The zero-order valence-electron chi connectivity index (χ0n) is 20.8. The van der Waals surface area contributed by atoms with Gasteiger partial charge in [0.1, 0.15) is 5.82 Å².